The van der Waals surface area contributed by atoms with Crippen molar-refractivity contribution in [3.8, 4) is 5.75 Å². The number of hydrogen-bond acceptors (Lipinski definition) is 3. The van der Waals surface area contributed by atoms with E-state index in [1.165, 1.54) is 12.1 Å². The SMILES string of the molecule is O=C(O)[C@H]1C[C@H](Oc2cc(F)cc3cccnc23)C1. The van der Waals surface area contributed by atoms with Crippen molar-refractivity contribution in [3.63, 3.8) is 0 Å². The third-order valence-electron chi connectivity index (χ3n) is 3.37. The normalized spacial score (nSPS) is 21.9. The third kappa shape index (κ3) is 2.23. The zero-order chi connectivity index (χ0) is 13.4. The molecule has 1 saturated carbocycles. The molecular formula is C14H12FNO3. The minimum Gasteiger partial charge on any atom is -0.488 e. The van der Waals surface area contributed by atoms with Crippen LogP contribution in [0, 0.1) is 11.7 Å². The number of pyridine rings is 1. The Balaban J connectivity index is 1.83. The molecular weight excluding hydrogens is 249 g/mol. The van der Waals surface area contributed by atoms with Gasteiger partial charge in [-0.1, -0.05) is 6.07 Å². The van der Waals surface area contributed by atoms with Gasteiger partial charge in [-0.2, -0.15) is 0 Å². The second-order valence-electron chi connectivity index (χ2n) is 4.73. The van der Waals surface area contributed by atoms with E-state index in [0.717, 1.165) is 0 Å². The maximum atomic E-state index is 13.5. The Morgan fingerprint density at radius 3 is 2.95 bits per heavy atom. The topological polar surface area (TPSA) is 59.4 Å². The standard InChI is InChI=1S/C14H12FNO3/c15-10-4-8-2-1-3-16-13(8)12(7-10)19-11-5-9(6-11)14(17)18/h1-4,7,9,11H,5-6H2,(H,17,18)/t9-,11-. The van der Waals surface area contributed by atoms with Gasteiger partial charge in [-0.3, -0.25) is 9.78 Å². The lowest BCUT2D eigenvalue weighted by Crippen LogP contribution is -2.38. The quantitative estimate of drug-likeness (QED) is 0.922. The highest BCUT2D eigenvalue weighted by molar-refractivity contribution is 5.84. The summed E-state index contributed by atoms with van der Waals surface area (Å²) in [6, 6.07) is 6.19. The molecule has 1 aliphatic rings. The molecule has 0 spiro atoms. The average Bonchev–Trinajstić information content (AvgIpc) is 2.32. The monoisotopic (exact) mass is 261 g/mol. The zero-order valence-electron chi connectivity index (χ0n) is 10.0. The Labute approximate surface area is 108 Å². The number of benzene rings is 1. The van der Waals surface area contributed by atoms with Crippen molar-refractivity contribution < 1.29 is 19.0 Å². The first-order valence-corrected chi connectivity index (χ1v) is 6.07. The fourth-order valence-corrected chi connectivity index (χ4v) is 2.26. The van der Waals surface area contributed by atoms with E-state index in [4.69, 9.17) is 9.84 Å². The molecule has 4 nitrogen and oxygen atoms in total. The number of hydrogen-bond donors (Lipinski definition) is 1. The first-order chi connectivity index (χ1) is 9.13. The van der Waals surface area contributed by atoms with E-state index in [1.54, 1.807) is 18.3 Å². The first-order valence-electron chi connectivity index (χ1n) is 6.07. The summed E-state index contributed by atoms with van der Waals surface area (Å²) in [7, 11) is 0. The molecule has 5 heteroatoms. The van der Waals surface area contributed by atoms with Crippen LogP contribution < -0.4 is 4.74 Å². The van der Waals surface area contributed by atoms with Crippen molar-refractivity contribution in [1.82, 2.24) is 4.98 Å². The molecule has 0 aliphatic heterocycles. The van der Waals surface area contributed by atoms with E-state index in [0.29, 0.717) is 29.5 Å². The van der Waals surface area contributed by atoms with Crippen LogP contribution in [0.3, 0.4) is 0 Å². The Hall–Kier alpha value is -2.17. The van der Waals surface area contributed by atoms with Crippen LogP contribution in [0.4, 0.5) is 4.39 Å². The largest absolute Gasteiger partial charge is 0.488 e. The van der Waals surface area contributed by atoms with Gasteiger partial charge in [0, 0.05) is 17.6 Å². The van der Waals surface area contributed by atoms with E-state index in [-0.39, 0.29) is 17.8 Å². The number of carboxylic acid groups (broad SMARTS) is 1. The lowest BCUT2D eigenvalue weighted by Gasteiger charge is -2.32. The summed E-state index contributed by atoms with van der Waals surface area (Å²) in [4.78, 5) is 14.9. The first kappa shape index (κ1) is 11.9. The summed E-state index contributed by atoms with van der Waals surface area (Å²) >= 11 is 0. The van der Waals surface area contributed by atoms with Crippen molar-refractivity contribution >= 4 is 16.9 Å². The van der Waals surface area contributed by atoms with Gasteiger partial charge < -0.3 is 9.84 Å². The number of carboxylic acids is 1. The van der Waals surface area contributed by atoms with E-state index in [2.05, 4.69) is 4.98 Å². The molecule has 3 rings (SSSR count). The summed E-state index contributed by atoms with van der Waals surface area (Å²) in [6.07, 6.45) is 2.36. The summed E-state index contributed by atoms with van der Waals surface area (Å²) < 4.78 is 19.1. The molecule has 2 aromatic rings. The van der Waals surface area contributed by atoms with Gasteiger partial charge in [-0.05, 0) is 25.0 Å². The van der Waals surface area contributed by atoms with E-state index < -0.39 is 5.97 Å². The number of ether oxygens (including phenoxy) is 1. The minimum atomic E-state index is -0.804. The third-order valence-corrected chi connectivity index (χ3v) is 3.37. The number of rotatable bonds is 3. The van der Waals surface area contributed by atoms with Crippen LogP contribution in [-0.2, 0) is 4.79 Å². The fraction of sp³-hybridized carbons (Fsp3) is 0.286. The molecule has 0 amide bonds. The zero-order valence-corrected chi connectivity index (χ0v) is 10.0. The van der Waals surface area contributed by atoms with Crippen molar-refractivity contribution in [2.24, 2.45) is 5.92 Å². The summed E-state index contributed by atoms with van der Waals surface area (Å²) in [6.45, 7) is 0. The van der Waals surface area contributed by atoms with Crippen molar-refractivity contribution in [2.75, 3.05) is 0 Å². The van der Waals surface area contributed by atoms with E-state index in [9.17, 15) is 9.18 Å². The average molecular weight is 261 g/mol. The van der Waals surface area contributed by atoms with Gasteiger partial charge in [0.2, 0.25) is 0 Å². The van der Waals surface area contributed by atoms with Gasteiger partial charge in [0.25, 0.3) is 0 Å². The number of aromatic nitrogens is 1. The Morgan fingerprint density at radius 2 is 2.21 bits per heavy atom. The molecule has 0 radical (unpaired) electrons. The molecule has 1 heterocycles. The predicted octanol–water partition coefficient (Wildman–Crippen LogP) is 2.62. The Morgan fingerprint density at radius 1 is 1.42 bits per heavy atom. The molecule has 1 aliphatic carbocycles. The molecule has 0 unspecified atom stereocenters. The van der Waals surface area contributed by atoms with Crippen LogP contribution >= 0.6 is 0 Å². The lowest BCUT2D eigenvalue weighted by atomic mass is 9.82. The maximum Gasteiger partial charge on any atom is 0.306 e. The lowest BCUT2D eigenvalue weighted by molar-refractivity contribution is -0.147. The Bertz CT molecular complexity index is 638. The van der Waals surface area contributed by atoms with E-state index >= 15 is 0 Å². The molecule has 0 bridgehead atoms. The molecule has 1 N–H and O–H groups in total. The second-order valence-corrected chi connectivity index (χ2v) is 4.73. The molecule has 1 aromatic heterocycles. The van der Waals surface area contributed by atoms with Gasteiger partial charge in [0.1, 0.15) is 23.2 Å². The number of nitrogens with zero attached hydrogens (tertiary/aromatic N) is 1. The van der Waals surface area contributed by atoms with Crippen LogP contribution in [0.1, 0.15) is 12.8 Å². The van der Waals surface area contributed by atoms with Crippen molar-refractivity contribution in [1.29, 1.82) is 0 Å². The highest BCUT2D eigenvalue weighted by Gasteiger charge is 2.36. The Kier molecular flexibility index (Phi) is 2.81. The summed E-state index contributed by atoms with van der Waals surface area (Å²) in [5.41, 5.74) is 0.600. The van der Waals surface area contributed by atoms with Gasteiger partial charge in [-0.25, -0.2) is 4.39 Å². The smallest absolute Gasteiger partial charge is 0.306 e. The number of halogens is 1. The van der Waals surface area contributed by atoms with Crippen LogP contribution in [0.15, 0.2) is 30.5 Å². The maximum absolute atomic E-state index is 13.5. The number of fused-ring (bicyclic) bond motifs is 1. The van der Waals surface area contributed by atoms with Gasteiger partial charge >= 0.3 is 5.97 Å². The highest BCUT2D eigenvalue weighted by Crippen LogP contribution is 2.34. The van der Waals surface area contributed by atoms with Crippen LogP contribution in [0.2, 0.25) is 0 Å². The molecule has 0 atom stereocenters. The van der Waals surface area contributed by atoms with Crippen LogP contribution in [-0.4, -0.2) is 22.2 Å². The minimum absolute atomic E-state index is 0.173. The molecule has 19 heavy (non-hydrogen) atoms. The second kappa shape index (κ2) is 4.50. The van der Waals surface area contributed by atoms with Gasteiger partial charge in [0.05, 0.1) is 5.92 Å². The molecule has 98 valence electrons. The summed E-state index contributed by atoms with van der Waals surface area (Å²) in [5.74, 6) is -1.16. The van der Waals surface area contributed by atoms with Crippen LogP contribution in [0.25, 0.3) is 10.9 Å². The van der Waals surface area contributed by atoms with Crippen molar-refractivity contribution in [3.05, 3.63) is 36.3 Å². The summed E-state index contributed by atoms with van der Waals surface area (Å²) in [5, 5.41) is 9.48. The number of aliphatic carboxylic acids is 1. The van der Waals surface area contributed by atoms with Gasteiger partial charge in [-0.15, -0.1) is 0 Å². The predicted molar refractivity (Wildman–Crippen MR) is 66.5 cm³/mol. The molecule has 0 saturated heterocycles. The highest BCUT2D eigenvalue weighted by atomic mass is 19.1. The fourth-order valence-electron chi connectivity index (χ4n) is 2.26. The van der Waals surface area contributed by atoms with Crippen molar-refractivity contribution in [2.45, 2.75) is 18.9 Å². The van der Waals surface area contributed by atoms with Crippen LogP contribution in [0.5, 0.6) is 5.75 Å². The molecule has 1 fully saturated rings. The van der Waals surface area contributed by atoms with E-state index in [1.807, 2.05) is 0 Å². The van der Waals surface area contributed by atoms with Gasteiger partial charge in [0.15, 0.2) is 0 Å². The number of carbonyl (C=O) groups is 1. The molecule has 1 aromatic carbocycles.